The van der Waals surface area contributed by atoms with Gasteiger partial charge in [0.25, 0.3) is 0 Å². The second-order valence-electron chi connectivity index (χ2n) is 4.44. The van der Waals surface area contributed by atoms with E-state index in [4.69, 9.17) is 5.26 Å². The molecule has 1 N–H and O–H groups in total. The van der Waals surface area contributed by atoms with Crippen molar-refractivity contribution in [1.82, 2.24) is 14.8 Å². The van der Waals surface area contributed by atoms with Crippen LogP contribution in [0.15, 0.2) is 30.6 Å². The number of aliphatic hydroxyl groups is 1. The van der Waals surface area contributed by atoms with Crippen LogP contribution in [0.1, 0.15) is 23.9 Å². The molecule has 0 aliphatic heterocycles. The number of benzene rings is 1. The van der Waals surface area contributed by atoms with Gasteiger partial charge in [0.05, 0.1) is 17.2 Å². The second-order valence-corrected chi connectivity index (χ2v) is 4.44. The number of hydrogen-bond acceptors (Lipinski definition) is 4. The molecule has 0 radical (unpaired) electrons. The highest BCUT2D eigenvalue weighted by Gasteiger charge is 2.25. The van der Waals surface area contributed by atoms with Crippen LogP contribution in [0.5, 0.6) is 0 Å². The number of nitrogens with zero attached hydrogens (tertiary/aromatic N) is 4. The molecular formula is C13H14N4O. The molecule has 1 atom stereocenters. The molecule has 1 unspecified atom stereocenters. The Hall–Kier alpha value is -2.19. The Bertz CT molecular complexity index is 595. The summed E-state index contributed by atoms with van der Waals surface area (Å²) in [5, 5.41) is 23.4. The highest BCUT2D eigenvalue weighted by Crippen LogP contribution is 2.24. The molecule has 0 aliphatic carbocycles. The largest absolute Gasteiger partial charge is 0.385 e. The molecule has 92 valence electrons. The van der Waals surface area contributed by atoms with E-state index >= 15 is 0 Å². The van der Waals surface area contributed by atoms with Gasteiger partial charge in [-0.3, -0.25) is 4.68 Å². The van der Waals surface area contributed by atoms with Crippen molar-refractivity contribution in [2.45, 2.75) is 18.9 Å². The molecule has 0 spiro atoms. The van der Waals surface area contributed by atoms with Crippen LogP contribution in [-0.4, -0.2) is 19.9 Å². The monoisotopic (exact) mass is 242 g/mol. The minimum atomic E-state index is -1.08. The van der Waals surface area contributed by atoms with Gasteiger partial charge >= 0.3 is 0 Å². The maximum Gasteiger partial charge on any atom is 0.138 e. The summed E-state index contributed by atoms with van der Waals surface area (Å²) in [6.45, 7) is 1.71. The van der Waals surface area contributed by atoms with E-state index in [1.807, 2.05) is 0 Å². The molecule has 1 aromatic carbocycles. The first-order valence-electron chi connectivity index (χ1n) is 5.59. The van der Waals surface area contributed by atoms with E-state index in [-0.39, 0.29) is 0 Å². The molecule has 0 fully saturated rings. The molecule has 2 aromatic rings. The maximum atomic E-state index is 10.5. The highest BCUT2D eigenvalue weighted by molar-refractivity contribution is 5.35. The van der Waals surface area contributed by atoms with Gasteiger partial charge in [0.1, 0.15) is 12.2 Å². The van der Waals surface area contributed by atoms with E-state index < -0.39 is 5.60 Å². The van der Waals surface area contributed by atoms with Crippen molar-refractivity contribution in [3.63, 3.8) is 0 Å². The summed E-state index contributed by atoms with van der Waals surface area (Å²) >= 11 is 0. The fraction of sp³-hybridized carbons (Fsp3) is 0.308. The summed E-state index contributed by atoms with van der Waals surface area (Å²) in [6.07, 6.45) is 1.80. The van der Waals surface area contributed by atoms with Gasteiger partial charge in [-0.25, -0.2) is 4.98 Å². The number of aryl methyl sites for hydroxylation is 1. The average molecular weight is 242 g/mol. The fourth-order valence-corrected chi connectivity index (χ4v) is 1.81. The van der Waals surface area contributed by atoms with Gasteiger partial charge < -0.3 is 5.11 Å². The predicted molar refractivity (Wildman–Crippen MR) is 65.4 cm³/mol. The summed E-state index contributed by atoms with van der Waals surface area (Å²) in [4.78, 5) is 4.10. The summed E-state index contributed by atoms with van der Waals surface area (Å²) in [5.41, 5.74) is 0.156. The molecular weight excluding hydrogens is 228 g/mol. The standard InChI is InChI=1S/C13H14N4O/c1-13(18,7-12-15-9-16-17(12)2)11-5-3-4-10(6-11)8-14/h3-6,9,18H,7H2,1-2H3. The number of nitriles is 1. The Balaban J connectivity index is 2.30. The minimum absolute atomic E-state index is 0.346. The first-order valence-corrected chi connectivity index (χ1v) is 5.59. The van der Waals surface area contributed by atoms with Crippen molar-refractivity contribution < 1.29 is 5.11 Å². The van der Waals surface area contributed by atoms with Crippen molar-refractivity contribution in [3.05, 3.63) is 47.5 Å². The van der Waals surface area contributed by atoms with Crippen molar-refractivity contribution >= 4 is 0 Å². The van der Waals surface area contributed by atoms with Gasteiger partial charge in [0.15, 0.2) is 0 Å². The number of rotatable bonds is 3. The highest BCUT2D eigenvalue weighted by atomic mass is 16.3. The van der Waals surface area contributed by atoms with E-state index in [1.54, 1.807) is 42.9 Å². The van der Waals surface area contributed by atoms with Crippen LogP contribution in [0, 0.1) is 11.3 Å². The van der Waals surface area contributed by atoms with Crippen LogP contribution >= 0.6 is 0 Å². The SMILES string of the molecule is Cn1ncnc1CC(C)(O)c1cccc(C#N)c1. The smallest absolute Gasteiger partial charge is 0.138 e. The third-order valence-electron chi connectivity index (χ3n) is 2.92. The topological polar surface area (TPSA) is 74.7 Å². The van der Waals surface area contributed by atoms with Crippen molar-refractivity contribution in [2.75, 3.05) is 0 Å². The van der Waals surface area contributed by atoms with Gasteiger partial charge in [-0.15, -0.1) is 0 Å². The molecule has 1 heterocycles. The third-order valence-corrected chi connectivity index (χ3v) is 2.92. The molecule has 18 heavy (non-hydrogen) atoms. The summed E-state index contributed by atoms with van der Waals surface area (Å²) in [5.74, 6) is 0.697. The van der Waals surface area contributed by atoms with Crippen LogP contribution in [0.4, 0.5) is 0 Å². The number of aromatic nitrogens is 3. The van der Waals surface area contributed by atoms with Crippen LogP contribution < -0.4 is 0 Å². The first-order chi connectivity index (χ1) is 8.53. The van der Waals surface area contributed by atoms with Gasteiger partial charge in [0, 0.05) is 13.5 Å². The Labute approximate surface area is 105 Å². The lowest BCUT2D eigenvalue weighted by Crippen LogP contribution is -2.26. The Morgan fingerprint density at radius 2 is 2.28 bits per heavy atom. The van der Waals surface area contributed by atoms with Gasteiger partial charge in [0.2, 0.25) is 0 Å². The zero-order valence-corrected chi connectivity index (χ0v) is 10.3. The van der Waals surface area contributed by atoms with Crippen molar-refractivity contribution in [2.24, 2.45) is 7.05 Å². The number of hydrogen-bond donors (Lipinski definition) is 1. The van der Waals surface area contributed by atoms with Crippen LogP contribution in [0.2, 0.25) is 0 Å². The summed E-state index contributed by atoms with van der Waals surface area (Å²) in [7, 11) is 1.78. The lowest BCUT2D eigenvalue weighted by Gasteiger charge is -2.23. The Morgan fingerprint density at radius 3 is 2.89 bits per heavy atom. The molecule has 0 saturated carbocycles. The molecule has 0 aliphatic rings. The molecule has 2 rings (SSSR count). The first kappa shape index (κ1) is 12.3. The Morgan fingerprint density at radius 1 is 1.50 bits per heavy atom. The quantitative estimate of drug-likeness (QED) is 0.875. The van der Waals surface area contributed by atoms with Gasteiger partial charge in [-0.05, 0) is 24.6 Å². The maximum absolute atomic E-state index is 10.5. The van der Waals surface area contributed by atoms with E-state index in [9.17, 15) is 5.11 Å². The van der Waals surface area contributed by atoms with Crippen molar-refractivity contribution in [1.29, 1.82) is 5.26 Å². The van der Waals surface area contributed by atoms with E-state index in [2.05, 4.69) is 16.2 Å². The second kappa shape index (κ2) is 4.59. The molecule has 0 amide bonds. The average Bonchev–Trinajstić information content (AvgIpc) is 2.74. The van der Waals surface area contributed by atoms with E-state index in [1.165, 1.54) is 6.33 Å². The third kappa shape index (κ3) is 2.39. The summed E-state index contributed by atoms with van der Waals surface area (Å²) in [6, 6.07) is 9.03. The molecule has 1 aromatic heterocycles. The van der Waals surface area contributed by atoms with Gasteiger partial charge in [-0.2, -0.15) is 10.4 Å². The fourth-order valence-electron chi connectivity index (χ4n) is 1.81. The van der Waals surface area contributed by atoms with Gasteiger partial charge in [-0.1, -0.05) is 12.1 Å². The molecule has 0 saturated heterocycles. The van der Waals surface area contributed by atoms with E-state index in [0.29, 0.717) is 23.4 Å². The van der Waals surface area contributed by atoms with Crippen molar-refractivity contribution in [3.8, 4) is 6.07 Å². The predicted octanol–water partition coefficient (Wildman–Crippen LogP) is 1.14. The minimum Gasteiger partial charge on any atom is -0.385 e. The molecule has 5 heteroatoms. The van der Waals surface area contributed by atoms with Crippen LogP contribution in [0.25, 0.3) is 0 Å². The normalized spacial score (nSPS) is 13.9. The van der Waals surface area contributed by atoms with Crippen LogP contribution in [-0.2, 0) is 19.1 Å². The van der Waals surface area contributed by atoms with Crippen LogP contribution in [0.3, 0.4) is 0 Å². The lowest BCUT2D eigenvalue weighted by molar-refractivity contribution is 0.0545. The lowest BCUT2D eigenvalue weighted by atomic mass is 9.91. The molecule has 0 bridgehead atoms. The Kier molecular flexibility index (Phi) is 3.13. The molecule has 5 nitrogen and oxygen atoms in total. The zero-order valence-electron chi connectivity index (χ0n) is 10.3. The van der Waals surface area contributed by atoms with E-state index in [0.717, 1.165) is 0 Å². The zero-order chi connectivity index (χ0) is 13.2. The summed E-state index contributed by atoms with van der Waals surface area (Å²) < 4.78 is 1.63.